The summed E-state index contributed by atoms with van der Waals surface area (Å²) in [5, 5.41) is 11.4. The van der Waals surface area contributed by atoms with E-state index in [1.807, 2.05) is 4.68 Å². The summed E-state index contributed by atoms with van der Waals surface area (Å²) in [7, 11) is 0. The molecule has 7 heteroatoms. The Labute approximate surface area is 140 Å². The van der Waals surface area contributed by atoms with Gasteiger partial charge in [0.05, 0.1) is 18.0 Å². The zero-order valence-electron chi connectivity index (χ0n) is 14.0. The van der Waals surface area contributed by atoms with Gasteiger partial charge >= 0.3 is 0 Å². The molecule has 1 fully saturated rings. The van der Waals surface area contributed by atoms with Crippen molar-refractivity contribution in [3.8, 4) is 0 Å². The molecule has 7 nitrogen and oxygen atoms in total. The van der Waals surface area contributed by atoms with E-state index in [1.165, 1.54) is 18.4 Å². The van der Waals surface area contributed by atoms with Crippen LogP contribution in [0.15, 0.2) is 10.7 Å². The minimum absolute atomic E-state index is 0.181. The Kier molecular flexibility index (Phi) is 3.88. The molecule has 3 heterocycles. The van der Waals surface area contributed by atoms with E-state index in [0.29, 0.717) is 30.2 Å². The van der Waals surface area contributed by atoms with Crippen molar-refractivity contribution in [2.24, 2.45) is 5.92 Å². The van der Waals surface area contributed by atoms with E-state index in [0.717, 1.165) is 24.6 Å². The van der Waals surface area contributed by atoms with Crippen LogP contribution in [0.2, 0.25) is 0 Å². The maximum absolute atomic E-state index is 12.4. The molecule has 128 valence electrons. The first-order valence-corrected chi connectivity index (χ1v) is 8.50. The molecule has 2 aromatic rings. The number of carbonyl (C=O) groups excluding carboxylic acids is 1. The summed E-state index contributed by atoms with van der Waals surface area (Å²) in [4.78, 5) is 12.4. The van der Waals surface area contributed by atoms with E-state index in [4.69, 9.17) is 14.4 Å². The van der Waals surface area contributed by atoms with Crippen molar-refractivity contribution in [2.75, 3.05) is 13.2 Å². The predicted octanol–water partition coefficient (Wildman–Crippen LogP) is 1.94. The number of ether oxygens (including phenoxy) is 1. The van der Waals surface area contributed by atoms with Gasteiger partial charge in [0.15, 0.2) is 0 Å². The highest BCUT2D eigenvalue weighted by atomic mass is 16.5. The minimum atomic E-state index is -0.196. The number of hydrogen-bond donors (Lipinski definition) is 1. The van der Waals surface area contributed by atoms with Crippen LogP contribution in [0.1, 0.15) is 52.0 Å². The Balaban J connectivity index is 1.44. The molecular weight excluding hydrogens is 308 g/mol. The molecular formula is C17H22N4O3. The Bertz CT molecular complexity index is 740. The summed E-state index contributed by atoms with van der Waals surface area (Å²) in [6.07, 6.45) is 5.43. The summed E-state index contributed by atoms with van der Waals surface area (Å²) >= 11 is 0. The van der Waals surface area contributed by atoms with Crippen molar-refractivity contribution < 1.29 is 14.1 Å². The van der Waals surface area contributed by atoms with Gasteiger partial charge in [-0.15, -0.1) is 0 Å². The topological polar surface area (TPSA) is 82.2 Å². The lowest BCUT2D eigenvalue weighted by atomic mass is 10.1. The SMILES string of the molecule is Cc1noc(C)c1C(=O)NC[C@H]1OCCc2cn(CC3CC3)nc21. The number of amides is 1. The Morgan fingerprint density at radius 1 is 1.42 bits per heavy atom. The molecule has 0 bridgehead atoms. The number of carbonyl (C=O) groups is 1. The number of nitrogens with zero attached hydrogens (tertiary/aromatic N) is 3. The van der Waals surface area contributed by atoms with Gasteiger partial charge in [0.1, 0.15) is 17.4 Å². The number of fused-ring (bicyclic) bond motifs is 1. The molecule has 0 spiro atoms. The van der Waals surface area contributed by atoms with Crippen LogP contribution in [0.4, 0.5) is 0 Å². The second kappa shape index (κ2) is 6.05. The van der Waals surface area contributed by atoms with E-state index in [1.54, 1.807) is 13.8 Å². The summed E-state index contributed by atoms with van der Waals surface area (Å²) < 4.78 is 12.9. The largest absolute Gasteiger partial charge is 0.370 e. The lowest BCUT2D eigenvalue weighted by Gasteiger charge is -2.22. The van der Waals surface area contributed by atoms with E-state index < -0.39 is 0 Å². The fraction of sp³-hybridized carbons (Fsp3) is 0.588. The maximum Gasteiger partial charge on any atom is 0.256 e. The Morgan fingerprint density at radius 3 is 2.96 bits per heavy atom. The van der Waals surface area contributed by atoms with Crippen LogP contribution in [0.3, 0.4) is 0 Å². The fourth-order valence-corrected chi connectivity index (χ4v) is 3.23. The molecule has 0 radical (unpaired) electrons. The summed E-state index contributed by atoms with van der Waals surface area (Å²) in [6.45, 7) is 5.55. The molecule has 0 saturated heterocycles. The number of aromatic nitrogens is 3. The van der Waals surface area contributed by atoms with Gasteiger partial charge in [-0.05, 0) is 44.6 Å². The first kappa shape index (κ1) is 15.4. The molecule has 0 aromatic carbocycles. The van der Waals surface area contributed by atoms with E-state index >= 15 is 0 Å². The van der Waals surface area contributed by atoms with Crippen LogP contribution in [0, 0.1) is 19.8 Å². The summed E-state index contributed by atoms with van der Waals surface area (Å²) in [5.41, 5.74) is 3.30. The van der Waals surface area contributed by atoms with Crippen LogP contribution in [-0.4, -0.2) is 34.0 Å². The first-order valence-electron chi connectivity index (χ1n) is 8.50. The molecule has 2 aliphatic rings. The Morgan fingerprint density at radius 2 is 2.25 bits per heavy atom. The normalized spacial score (nSPS) is 20.0. The highest BCUT2D eigenvalue weighted by Gasteiger charge is 2.28. The van der Waals surface area contributed by atoms with Crippen molar-refractivity contribution in [1.29, 1.82) is 0 Å². The molecule has 24 heavy (non-hydrogen) atoms. The lowest BCUT2D eigenvalue weighted by Crippen LogP contribution is -2.32. The molecule has 0 unspecified atom stereocenters. The van der Waals surface area contributed by atoms with Gasteiger partial charge < -0.3 is 14.6 Å². The Hall–Kier alpha value is -2.15. The monoisotopic (exact) mass is 330 g/mol. The van der Waals surface area contributed by atoms with Crippen LogP contribution >= 0.6 is 0 Å². The molecule has 2 aromatic heterocycles. The first-order chi connectivity index (χ1) is 11.6. The van der Waals surface area contributed by atoms with Gasteiger partial charge in [0, 0.05) is 19.3 Å². The second-order valence-corrected chi connectivity index (χ2v) is 6.72. The van der Waals surface area contributed by atoms with Crippen LogP contribution in [-0.2, 0) is 17.7 Å². The molecule has 1 N–H and O–H groups in total. The molecule has 1 atom stereocenters. The van der Waals surface area contributed by atoms with Gasteiger partial charge in [-0.25, -0.2) is 0 Å². The van der Waals surface area contributed by atoms with Crippen molar-refractivity contribution in [1.82, 2.24) is 20.3 Å². The van der Waals surface area contributed by atoms with Gasteiger partial charge in [-0.1, -0.05) is 5.16 Å². The average molecular weight is 330 g/mol. The second-order valence-electron chi connectivity index (χ2n) is 6.72. The lowest BCUT2D eigenvalue weighted by molar-refractivity contribution is 0.0383. The molecule has 1 aliphatic heterocycles. The van der Waals surface area contributed by atoms with E-state index in [9.17, 15) is 4.79 Å². The molecule has 1 amide bonds. The van der Waals surface area contributed by atoms with Gasteiger partial charge in [-0.2, -0.15) is 5.10 Å². The van der Waals surface area contributed by atoms with Crippen molar-refractivity contribution >= 4 is 5.91 Å². The van der Waals surface area contributed by atoms with E-state index in [2.05, 4.69) is 16.7 Å². The third-order valence-electron chi connectivity index (χ3n) is 4.72. The van der Waals surface area contributed by atoms with E-state index in [-0.39, 0.29) is 12.0 Å². The molecule has 4 rings (SSSR count). The van der Waals surface area contributed by atoms with Crippen molar-refractivity contribution in [2.45, 2.75) is 45.8 Å². The van der Waals surface area contributed by atoms with Crippen LogP contribution in [0.5, 0.6) is 0 Å². The number of aryl methyl sites for hydroxylation is 2. The van der Waals surface area contributed by atoms with Gasteiger partial charge in [0.25, 0.3) is 5.91 Å². The van der Waals surface area contributed by atoms with Crippen LogP contribution in [0.25, 0.3) is 0 Å². The zero-order valence-corrected chi connectivity index (χ0v) is 14.0. The fourth-order valence-electron chi connectivity index (χ4n) is 3.23. The third-order valence-corrected chi connectivity index (χ3v) is 4.72. The summed E-state index contributed by atoms with van der Waals surface area (Å²) in [6, 6.07) is 0. The predicted molar refractivity (Wildman–Crippen MR) is 85.7 cm³/mol. The molecule has 1 saturated carbocycles. The smallest absolute Gasteiger partial charge is 0.256 e. The van der Waals surface area contributed by atoms with Crippen LogP contribution < -0.4 is 5.32 Å². The van der Waals surface area contributed by atoms with Gasteiger partial charge in [0.2, 0.25) is 0 Å². The maximum atomic E-state index is 12.4. The highest BCUT2D eigenvalue weighted by Crippen LogP contribution is 2.32. The number of hydrogen-bond acceptors (Lipinski definition) is 5. The highest BCUT2D eigenvalue weighted by molar-refractivity contribution is 5.96. The number of nitrogens with one attached hydrogen (secondary N) is 1. The standard InChI is InChI=1S/C17H22N4O3/c1-10-15(11(2)24-20-10)17(22)18-7-14-16-13(5-6-23-14)9-21(19-16)8-12-3-4-12/h9,12,14H,3-8H2,1-2H3,(H,18,22)/t14-/m1/s1. The minimum Gasteiger partial charge on any atom is -0.370 e. The van der Waals surface area contributed by atoms with Crippen molar-refractivity contribution in [3.63, 3.8) is 0 Å². The summed E-state index contributed by atoms with van der Waals surface area (Å²) in [5.74, 6) is 1.13. The van der Waals surface area contributed by atoms with Gasteiger partial charge in [-0.3, -0.25) is 9.48 Å². The molecule has 1 aliphatic carbocycles. The number of rotatable bonds is 5. The van der Waals surface area contributed by atoms with Crippen molar-refractivity contribution in [3.05, 3.63) is 34.5 Å². The quantitative estimate of drug-likeness (QED) is 0.906. The average Bonchev–Trinajstić information content (AvgIpc) is 3.16. The third kappa shape index (κ3) is 2.96. The zero-order chi connectivity index (χ0) is 16.7.